The molecule has 0 fully saturated rings. The second kappa shape index (κ2) is 6.40. The number of hydrogen-bond donors (Lipinski definition) is 0. The van der Waals surface area contributed by atoms with Crippen molar-refractivity contribution in [1.82, 2.24) is 0 Å². The number of ketones is 1. The molecule has 1 heteroatoms. The second-order valence-electron chi connectivity index (χ2n) is 8.54. The molecule has 2 aliphatic rings. The summed E-state index contributed by atoms with van der Waals surface area (Å²) in [5.74, 6) is 0.215. The Bertz CT molecular complexity index is 1370. The maximum Gasteiger partial charge on any atom is 0.194 e. The lowest BCUT2D eigenvalue weighted by molar-refractivity contribution is 0.104. The lowest BCUT2D eigenvalue weighted by Gasteiger charge is -2.20. The Balaban J connectivity index is 1.84. The highest BCUT2D eigenvalue weighted by molar-refractivity contribution is 6.27. The van der Waals surface area contributed by atoms with Crippen LogP contribution in [0.1, 0.15) is 53.7 Å². The van der Waals surface area contributed by atoms with Crippen LogP contribution in [-0.2, 0) is 12.8 Å². The van der Waals surface area contributed by atoms with Gasteiger partial charge in [-0.15, -0.1) is 0 Å². The van der Waals surface area contributed by atoms with Gasteiger partial charge in [0.2, 0.25) is 0 Å². The predicted octanol–water partition coefficient (Wildman–Crippen LogP) is 7.60. The van der Waals surface area contributed by atoms with Gasteiger partial charge in [0.25, 0.3) is 0 Å². The molecule has 1 nitrogen and oxygen atoms in total. The Hall–Kier alpha value is -3.19. The molecular formula is C29H24O. The zero-order valence-electron chi connectivity index (χ0n) is 17.5. The van der Waals surface area contributed by atoms with Gasteiger partial charge in [-0.05, 0) is 68.1 Å². The molecule has 0 N–H and O–H groups in total. The van der Waals surface area contributed by atoms with E-state index in [0.29, 0.717) is 0 Å². The van der Waals surface area contributed by atoms with Crippen LogP contribution in [0, 0.1) is 0 Å². The number of benzene rings is 4. The summed E-state index contributed by atoms with van der Waals surface area (Å²) in [7, 11) is 0. The molecule has 4 aromatic carbocycles. The molecule has 0 aliphatic heterocycles. The topological polar surface area (TPSA) is 17.1 Å². The van der Waals surface area contributed by atoms with Crippen LogP contribution in [0.25, 0.3) is 44.2 Å². The van der Waals surface area contributed by atoms with E-state index >= 15 is 0 Å². The number of hydrogen-bond acceptors (Lipinski definition) is 1. The van der Waals surface area contributed by atoms with Gasteiger partial charge in [-0.3, -0.25) is 4.79 Å². The van der Waals surface area contributed by atoms with Gasteiger partial charge in [0, 0.05) is 11.1 Å². The Morgan fingerprint density at radius 3 is 1.67 bits per heavy atom. The first kappa shape index (κ1) is 17.7. The standard InChI is InChI=1S/C29H24O/c1-3-9-20-25-18-13-5-6-14-19(18)29(30)28(25)21(10-4-2)27-23-16-8-12-17-11-7-15-22(24(17)23)26(20)27/h5-8,11-16H,3-4,9-10H2,1-2H3. The van der Waals surface area contributed by atoms with Gasteiger partial charge in [-0.25, -0.2) is 0 Å². The summed E-state index contributed by atoms with van der Waals surface area (Å²) >= 11 is 0. The van der Waals surface area contributed by atoms with Crippen molar-refractivity contribution in [3.63, 3.8) is 0 Å². The third-order valence-electron chi connectivity index (χ3n) is 6.82. The van der Waals surface area contributed by atoms with Crippen molar-refractivity contribution < 1.29 is 4.79 Å². The van der Waals surface area contributed by atoms with Crippen LogP contribution in [0.3, 0.4) is 0 Å². The number of fused-ring (bicyclic) bond motifs is 6. The summed E-state index contributed by atoms with van der Waals surface area (Å²) in [4.78, 5) is 13.7. The predicted molar refractivity (Wildman–Crippen MR) is 125 cm³/mol. The summed E-state index contributed by atoms with van der Waals surface area (Å²) in [6, 6.07) is 21.5. The largest absolute Gasteiger partial charge is 0.289 e. The van der Waals surface area contributed by atoms with E-state index in [-0.39, 0.29) is 5.78 Å². The fraction of sp³-hybridized carbons (Fsp3) is 0.207. The lowest BCUT2D eigenvalue weighted by Crippen LogP contribution is -2.06. The molecular weight excluding hydrogens is 364 g/mol. The zero-order chi connectivity index (χ0) is 20.4. The van der Waals surface area contributed by atoms with Crippen molar-refractivity contribution in [2.75, 3.05) is 0 Å². The molecule has 146 valence electrons. The van der Waals surface area contributed by atoms with Gasteiger partial charge in [-0.2, -0.15) is 0 Å². The van der Waals surface area contributed by atoms with Crippen LogP contribution < -0.4 is 0 Å². The van der Waals surface area contributed by atoms with Crippen LogP contribution in [0.5, 0.6) is 0 Å². The fourth-order valence-corrected chi connectivity index (χ4v) is 5.79. The molecule has 0 spiro atoms. The minimum atomic E-state index is 0.215. The van der Waals surface area contributed by atoms with Crippen molar-refractivity contribution >= 4 is 16.6 Å². The van der Waals surface area contributed by atoms with Gasteiger partial charge < -0.3 is 0 Å². The number of carbonyl (C=O) groups is 1. The first-order valence-electron chi connectivity index (χ1n) is 11.1. The van der Waals surface area contributed by atoms with Gasteiger partial charge in [0.1, 0.15) is 0 Å². The van der Waals surface area contributed by atoms with Gasteiger partial charge in [-0.1, -0.05) is 87.4 Å². The number of carbonyl (C=O) groups excluding carboxylic acids is 1. The Morgan fingerprint density at radius 2 is 1.07 bits per heavy atom. The van der Waals surface area contributed by atoms with E-state index in [9.17, 15) is 4.79 Å². The highest BCUT2D eigenvalue weighted by Gasteiger charge is 2.37. The molecule has 6 rings (SSSR count). The molecule has 0 saturated heterocycles. The van der Waals surface area contributed by atoms with Gasteiger partial charge in [0.05, 0.1) is 0 Å². The van der Waals surface area contributed by atoms with Gasteiger partial charge >= 0.3 is 0 Å². The van der Waals surface area contributed by atoms with E-state index < -0.39 is 0 Å². The average Bonchev–Trinajstić information content (AvgIpc) is 3.26. The lowest BCUT2D eigenvalue weighted by atomic mass is 9.82. The first-order chi connectivity index (χ1) is 14.8. The number of rotatable bonds is 4. The maximum atomic E-state index is 13.7. The summed E-state index contributed by atoms with van der Waals surface area (Å²) in [5.41, 5.74) is 12.2. The van der Waals surface area contributed by atoms with Gasteiger partial charge in [0.15, 0.2) is 5.78 Å². The van der Waals surface area contributed by atoms with E-state index in [1.807, 2.05) is 12.1 Å². The Kier molecular flexibility index (Phi) is 3.77. The van der Waals surface area contributed by atoms with Crippen molar-refractivity contribution in [3.05, 3.63) is 82.9 Å². The summed E-state index contributed by atoms with van der Waals surface area (Å²) in [6.45, 7) is 4.46. The van der Waals surface area contributed by atoms with Crippen molar-refractivity contribution in [3.8, 4) is 33.4 Å². The molecule has 0 radical (unpaired) electrons. The molecule has 0 unspecified atom stereocenters. The van der Waals surface area contributed by atoms with E-state index in [0.717, 1.165) is 42.4 Å². The maximum absolute atomic E-state index is 13.7. The van der Waals surface area contributed by atoms with E-state index in [1.165, 1.54) is 49.7 Å². The summed E-state index contributed by atoms with van der Waals surface area (Å²) in [5, 5.41) is 2.65. The highest BCUT2D eigenvalue weighted by Crippen LogP contribution is 2.56. The van der Waals surface area contributed by atoms with Crippen molar-refractivity contribution in [2.45, 2.75) is 39.5 Å². The Morgan fingerprint density at radius 1 is 0.567 bits per heavy atom. The fourth-order valence-electron chi connectivity index (χ4n) is 5.79. The third-order valence-corrected chi connectivity index (χ3v) is 6.82. The summed E-state index contributed by atoms with van der Waals surface area (Å²) < 4.78 is 0. The minimum absolute atomic E-state index is 0.215. The Labute approximate surface area is 177 Å². The highest BCUT2D eigenvalue weighted by atomic mass is 16.1. The molecule has 0 heterocycles. The molecule has 2 aliphatic carbocycles. The van der Waals surface area contributed by atoms with Crippen LogP contribution in [0.15, 0.2) is 60.7 Å². The normalized spacial score (nSPS) is 12.9. The molecule has 0 aromatic heterocycles. The molecule has 30 heavy (non-hydrogen) atoms. The quantitative estimate of drug-likeness (QED) is 0.304. The van der Waals surface area contributed by atoms with E-state index in [2.05, 4.69) is 62.4 Å². The van der Waals surface area contributed by atoms with E-state index in [4.69, 9.17) is 0 Å². The molecule has 0 saturated carbocycles. The van der Waals surface area contributed by atoms with E-state index in [1.54, 1.807) is 0 Å². The van der Waals surface area contributed by atoms with Crippen LogP contribution >= 0.6 is 0 Å². The van der Waals surface area contributed by atoms with Crippen LogP contribution in [0.4, 0.5) is 0 Å². The molecule has 4 aromatic rings. The van der Waals surface area contributed by atoms with Crippen LogP contribution in [0.2, 0.25) is 0 Å². The van der Waals surface area contributed by atoms with Crippen molar-refractivity contribution in [2.24, 2.45) is 0 Å². The molecule has 0 atom stereocenters. The first-order valence-corrected chi connectivity index (χ1v) is 11.1. The summed E-state index contributed by atoms with van der Waals surface area (Å²) in [6.07, 6.45) is 4.01. The second-order valence-corrected chi connectivity index (χ2v) is 8.54. The molecule has 0 bridgehead atoms. The SMILES string of the molecule is CCCc1c2c(c(CCC)c3c1-c1cccc4cccc-3c14)-c1ccccc1C2=O. The monoisotopic (exact) mass is 388 g/mol. The van der Waals surface area contributed by atoms with Crippen molar-refractivity contribution in [1.29, 1.82) is 0 Å². The zero-order valence-corrected chi connectivity index (χ0v) is 17.5. The smallest absolute Gasteiger partial charge is 0.194 e. The molecule has 0 amide bonds. The third kappa shape index (κ3) is 2.10. The minimum Gasteiger partial charge on any atom is -0.289 e. The average molecular weight is 389 g/mol. The van der Waals surface area contributed by atoms with Crippen LogP contribution in [-0.4, -0.2) is 5.78 Å².